The SMILES string of the molecule is C=C(C)[C@@H]1CC[C@]2(C(=O)N3CCC[C@H](c4ncc(-c5ccccc5)[nH]4)C3)CC[C@]3(C)[C@H](CC[C@@H]4C5(C)CC[C@H](OC(=O)[C@H]6C[C@@H](C(=O)O)C6(C)C)C(C)(C)[C@@H]5CC[C@]43C)[C@@H]12. The predicted molar refractivity (Wildman–Crippen MR) is 234 cm³/mol. The zero-order valence-corrected chi connectivity index (χ0v) is 37.9. The lowest BCUT2D eigenvalue weighted by molar-refractivity contribution is -0.251. The van der Waals surface area contributed by atoms with E-state index in [9.17, 15) is 14.7 Å². The molecule has 2 aromatic rings. The van der Waals surface area contributed by atoms with Crippen molar-refractivity contribution in [2.75, 3.05) is 13.1 Å². The number of carbonyl (C=O) groups excluding carboxylic acids is 2. The maximum Gasteiger partial charge on any atom is 0.309 e. The molecule has 1 aromatic heterocycles. The molecule has 9 rings (SSSR count). The fourth-order valence-corrected chi connectivity index (χ4v) is 16.7. The smallest absolute Gasteiger partial charge is 0.309 e. The molecule has 13 atom stereocenters. The minimum Gasteiger partial charge on any atom is -0.481 e. The Hall–Kier alpha value is -3.42. The van der Waals surface area contributed by atoms with Crippen LogP contribution in [0.3, 0.4) is 0 Å². The van der Waals surface area contributed by atoms with Crippen LogP contribution in [0.1, 0.15) is 151 Å². The monoisotopic (exact) mass is 820 g/mol. The van der Waals surface area contributed by atoms with Crippen molar-refractivity contribution in [2.24, 2.45) is 73.9 Å². The van der Waals surface area contributed by atoms with Crippen LogP contribution in [-0.4, -0.2) is 57.0 Å². The molecule has 0 bridgehead atoms. The summed E-state index contributed by atoms with van der Waals surface area (Å²) >= 11 is 0. The van der Waals surface area contributed by atoms with Crippen molar-refractivity contribution in [1.82, 2.24) is 14.9 Å². The van der Waals surface area contributed by atoms with Gasteiger partial charge in [-0.2, -0.15) is 0 Å². The molecule has 6 saturated carbocycles. The fraction of sp³-hybridized carbons (Fsp3) is 0.731. The molecule has 8 heteroatoms. The largest absolute Gasteiger partial charge is 0.481 e. The van der Waals surface area contributed by atoms with Crippen molar-refractivity contribution < 1.29 is 24.2 Å². The van der Waals surface area contributed by atoms with Crippen LogP contribution in [0.15, 0.2) is 48.7 Å². The number of amides is 1. The molecular formula is C52H73N3O5. The quantitative estimate of drug-likeness (QED) is 0.212. The molecule has 1 unspecified atom stereocenters. The van der Waals surface area contributed by atoms with Gasteiger partial charge in [0.25, 0.3) is 0 Å². The third-order valence-electron chi connectivity index (χ3n) is 20.3. The van der Waals surface area contributed by atoms with Crippen LogP contribution in [0.2, 0.25) is 0 Å². The predicted octanol–water partition coefficient (Wildman–Crippen LogP) is 11.1. The number of allylic oxidation sites excluding steroid dienone is 1. The number of fused-ring (bicyclic) bond motifs is 7. The first-order valence-corrected chi connectivity index (χ1v) is 23.8. The van der Waals surface area contributed by atoms with Gasteiger partial charge in [-0.05, 0) is 147 Å². The van der Waals surface area contributed by atoms with Gasteiger partial charge in [0, 0.05) is 24.4 Å². The second kappa shape index (κ2) is 14.3. The average molecular weight is 820 g/mol. The summed E-state index contributed by atoms with van der Waals surface area (Å²) in [6, 6.07) is 10.4. The van der Waals surface area contributed by atoms with E-state index in [4.69, 9.17) is 9.72 Å². The summed E-state index contributed by atoms with van der Waals surface area (Å²) < 4.78 is 6.47. The topological polar surface area (TPSA) is 113 Å². The van der Waals surface area contributed by atoms with Crippen LogP contribution in [0.25, 0.3) is 11.3 Å². The van der Waals surface area contributed by atoms with Crippen LogP contribution in [-0.2, 0) is 19.1 Å². The molecule has 2 N–H and O–H groups in total. The van der Waals surface area contributed by atoms with Crippen LogP contribution < -0.4 is 0 Å². The van der Waals surface area contributed by atoms with E-state index in [1.807, 2.05) is 26.1 Å². The van der Waals surface area contributed by atoms with Crippen molar-refractivity contribution >= 4 is 17.8 Å². The number of carboxylic acid groups (broad SMARTS) is 1. The Kier molecular flexibility index (Phi) is 9.99. The highest BCUT2D eigenvalue weighted by Gasteiger charge is 2.72. The van der Waals surface area contributed by atoms with Gasteiger partial charge in [-0.1, -0.05) is 91.0 Å². The molecule has 60 heavy (non-hydrogen) atoms. The van der Waals surface area contributed by atoms with Crippen molar-refractivity contribution in [2.45, 2.75) is 151 Å². The number of ether oxygens (including phenoxy) is 1. The lowest BCUT2D eigenvalue weighted by atomic mass is 9.32. The van der Waals surface area contributed by atoms with Gasteiger partial charge in [-0.3, -0.25) is 14.4 Å². The molecule has 1 aliphatic heterocycles. The Morgan fingerprint density at radius 2 is 1.58 bits per heavy atom. The van der Waals surface area contributed by atoms with Crippen LogP contribution in [0.5, 0.6) is 0 Å². The van der Waals surface area contributed by atoms with Gasteiger partial charge in [-0.15, -0.1) is 0 Å². The molecule has 1 amide bonds. The van der Waals surface area contributed by atoms with E-state index in [0.29, 0.717) is 41.9 Å². The van der Waals surface area contributed by atoms with E-state index in [1.54, 1.807) is 0 Å². The summed E-state index contributed by atoms with van der Waals surface area (Å²) in [4.78, 5) is 51.7. The minimum absolute atomic E-state index is 0.118. The molecule has 7 aliphatic rings. The minimum atomic E-state index is -0.816. The van der Waals surface area contributed by atoms with Gasteiger partial charge in [-0.25, -0.2) is 4.98 Å². The third kappa shape index (κ3) is 5.93. The maximum absolute atomic E-state index is 15.4. The first-order chi connectivity index (χ1) is 28.3. The summed E-state index contributed by atoms with van der Waals surface area (Å²) in [5.74, 6) is 1.92. The van der Waals surface area contributed by atoms with Crippen molar-refractivity contribution in [3.63, 3.8) is 0 Å². The first kappa shape index (κ1) is 41.9. The molecule has 0 radical (unpaired) electrons. The summed E-state index contributed by atoms with van der Waals surface area (Å²) in [7, 11) is 0. The number of nitrogens with zero attached hydrogens (tertiary/aromatic N) is 2. The second-order valence-electron chi connectivity index (χ2n) is 23.3. The number of aliphatic carboxylic acids is 1. The number of nitrogens with one attached hydrogen (secondary N) is 1. The van der Waals surface area contributed by atoms with Crippen LogP contribution >= 0.6 is 0 Å². The first-order valence-electron chi connectivity index (χ1n) is 23.8. The van der Waals surface area contributed by atoms with Crippen molar-refractivity contribution in [3.8, 4) is 11.3 Å². The number of piperidine rings is 1. The molecule has 326 valence electrons. The number of hydrogen-bond acceptors (Lipinski definition) is 5. The number of likely N-dealkylation sites (tertiary alicyclic amines) is 1. The normalized spacial score (nSPS) is 42.7. The lowest BCUT2D eigenvalue weighted by Crippen LogP contribution is -2.67. The summed E-state index contributed by atoms with van der Waals surface area (Å²) in [5.41, 5.74) is 2.72. The summed E-state index contributed by atoms with van der Waals surface area (Å²) in [5, 5.41) is 9.71. The number of carboxylic acids is 1. The van der Waals surface area contributed by atoms with E-state index in [-0.39, 0.29) is 51.0 Å². The van der Waals surface area contributed by atoms with Crippen LogP contribution in [0, 0.1) is 73.9 Å². The van der Waals surface area contributed by atoms with Crippen LogP contribution in [0.4, 0.5) is 0 Å². The Balaban J connectivity index is 0.946. The molecule has 1 aromatic carbocycles. The number of carbonyl (C=O) groups is 3. The molecule has 7 fully saturated rings. The fourth-order valence-electron chi connectivity index (χ4n) is 16.7. The second-order valence-corrected chi connectivity index (χ2v) is 23.3. The zero-order chi connectivity index (χ0) is 42.8. The van der Waals surface area contributed by atoms with E-state index in [2.05, 4.69) is 82.3 Å². The van der Waals surface area contributed by atoms with E-state index < -0.39 is 17.3 Å². The van der Waals surface area contributed by atoms with Gasteiger partial charge < -0.3 is 19.7 Å². The van der Waals surface area contributed by atoms with Gasteiger partial charge in [0.1, 0.15) is 11.9 Å². The van der Waals surface area contributed by atoms with Gasteiger partial charge >= 0.3 is 11.9 Å². The number of H-pyrrole nitrogens is 1. The summed E-state index contributed by atoms with van der Waals surface area (Å²) in [6.45, 7) is 24.8. The standard InChI is InChI=1S/C52H73N3O5/c1-31(2)34-19-24-52(46(59)55-27-13-16-33(30-55)43-53-29-38(54-43)32-14-11-10-12-15-32)26-25-50(8)35(42(34)52)17-18-40-49(7)22-21-41(48(5,6)39(49)20-23-51(40,50)9)60-45(58)37-28-36(44(56)57)47(37,3)4/h10-12,14-15,29,33-37,39-42H,1,13,16-28,30H2,2-9H3,(H,53,54)(H,56,57)/t33-,34-,35+,36-,37+,39-,40+,41-,42+,49?,50+,51+,52-/m0/s1. The highest BCUT2D eigenvalue weighted by Crippen LogP contribution is 2.78. The van der Waals surface area contributed by atoms with E-state index in [1.165, 1.54) is 18.4 Å². The van der Waals surface area contributed by atoms with E-state index >= 15 is 4.79 Å². The number of esters is 1. The third-order valence-corrected chi connectivity index (χ3v) is 20.3. The lowest BCUT2D eigenvalue weighted by Gasteiger charge is -2.73. The number of rotatable bonds is 7. The van der Waals surface area contributed by atoms with Crippen molar-refractivity contribution in [3.05, 3.63) is 54.5 Å². The highest BCUT2D eigenvalue weighted by atomic mass is 16.5. The highest BCUT2D eigenvalue weighted by molar-refractivity contribution is 5.84. The molecule has 2 heterocycles. The average Bonchev–Trinajstić information content (AvgIpc) is 3.86. The number of hydrogen-bond donors (Lipinski definition) is 2. The Morgan fingerprint density at radius 1 is 0.833 bits per heavy atom. The molecule has 0 spiro atoms. The number of imidazole rings is 1. The van der Waals surface area contributed by atoms with Gasteiger partial charge in [0.2, 0.25) is 5.91 Å². The Bertz CT molecular complexity index is 2040. The zero-order valence-electron chi connectivity index (χ0n) is 37.9. The Morgan fingerprint density at radius 3 is 2.28 bits per heavy atom. The van der Waals surface area contributed by atoms with Gasteiger partial charge in [0.05, 0.1) is 29.1 Å². The Labute approximate surface area is 359 Å². The molecule has 1 saturated heterocycles. The number of aromatic amines is 1. The van der Waals surface area contributed by atoms with Crippen molar-refractivity contribution in [1.29, 1.82) is 0 Å². The van der Waals surface area contributed by atoms with Gasteiger partial charge in [0.15, 0.2) is 0 Å². The van der Waals surface area contributed by atoms with E-state index in [0.717, 1.165) is 94.4 Å². The summed E-state index contributed by atoms with van der Waals surface area (Å²) in [6.07, 6.45) is 14.9. The number of aromatic nitrogens is 2. The molecule has 8 nitrogen and oxygen atoms in total. The molecular weight excluding hydrogens is 747 g/mol. The maximum atomic E-state index is 15.4. The number of benzene rings is 1. The molecule has 6 aliphatic carbocycles.